The van der Waals surface area contributed by atoms with Crippen LogP contribution >= 0.6 is 0 Å². The molecule has 3 nitrogen and oxygen atoms in total. The summed E-state index contributed by atoms with van der Waals surface area (Å²) in [5.74, 6) is -1.89. The van der Waals surface area contributed by atoms with E-state index < -0.39 is 17.5 Å². The van der Waals surface area contributed by atoms with E-state index >= 15 is 0 Å². The highest BCUT2D eigenvalue weighted by atomic mass is 19.4. The van der Waals surface area contributed by atoms with Crippen molar-refractivity contribution in [2.75, 3.05) is 0 Å². The molecule has 0 amide bonds. The maximum absolute atomic E-state index is 12.1. The van der Waals surface area contributed by atoms with Gasteiger partial charge < -0.3 is 4.42 Å². The van der Waals surface area contributed by atoms with E-state index in [-0.39, 0.29) is 5.58 Å². The maximum Gasteiger partial charge on any atom is 0.454 e. The Kier molecular flexibility index (Phi) is 1.99. The van der Waals surface area contributed by atoms with Gasteiger partial charge in [0.1, 0.15) is 5.52 Å². The van der Waals surface area contributed by atoms with E-state index in [4.69, 9.17) is 4.42 Å². The van der Waals surface area contributed by atoms with Gasteiger partial charge in [-0.2, -0.15) is 13.2 Å². The molecule has 1 aromatic heterocycles. The van der Waals surface area contributed by atoms with Gasteiger partial charge in [0.15, 0.2) is 12.0 Å². The Labute approximate surface area is 81.5 Å². The maximum atomic E-state index is 12.1. The Morgan fingerprint density at radius 1 is 1.33 bits per heavy atom. The summed E-state index contributed by atoms with van der Waals surface area (Å²) in [5.41, 5.74) is 0.116. The van der Waals surface area contributed by atoms with Crippen molar-refractivity contribution in [3.05, 3.63) is 30.2 Å². The average Bonchev–Trinajstić information content (AvgIpc) is 2.61. The summed E-state index contributed by atoms with van der Waals surface area (Å²) in [6, 6.07) is 3.40. The summed E-state index contributed by atoms with van der Waals surface area (Å²) in [4.78, 5) is 14.6. The van der Waals surface area contributed by atoms with E-state index in [0.29, 0.717) is 5.52 Å². The minimum absolute atomic E-state index is 0.157. The van der Waals surface area contributed by atoms with Crippen LogP contribution in [0.4, 0.5) is 13.2 Å². The zero-order valence-corrected chi connectivity index (χ0v) is 7.21. The van der Waals surface area contributed by atoms with Crippen LogP contribution in [0.2, 0.25) is 0 Å². The first-order valence-electron chi connectivity index (χ1n) is 3.93. The molecule has 0 fully saturated rings. The third kappa shape index (κ3) is 1.70. The largest absolute Gasteiger partial charge is 0.454 e. The van der Waals surface area contributed by atoms with Gasteiger partial charge in [-0.05, 0) is 18.2 Å². The van der Waals surface area contributed by atoms with Gasteiger partial charge in [-0.3, -0.25) is 4.79 Å². The Bertz CT molecular complexity index is 515. The highest BCUT2D eigenvalue weighted by molar-refractivity contribution is 6.02. The molecule has 0 N–H and O–H groups in total. The summed E-state index contributed by atoms with van der Waals surface area (Å²) >= 11 is 0. The van der Waals surface area contributed by atoms with E-state index in [0.717, 1.165) is 18.5 Å². The molecule has 2 aromatic rings. The lowest BCUT2D eigenvalue weighted by Crippen LogP contribution is -2.22. The number of Topliss-reactive ketones (excluding diaryl/α,β-unsaturated/α-hetero) is 1. The summed E-state index contributed by atoms with van der Waals surface area (Å²) in [6.07, 6.45) is -3.76. The molecule has 0 aliphatic carbocycles. The topological polar surface area (TPSA) is 43.1 Å². The number of alkyl halides is 3. The number of benzene rings is 1. The minimum Gasteiger partial charge on any atom is -0.443 e. The normalized spacial score (nSPS) is 11.9. The number of hydrogen-bond acceptors (Lipinski definition) is 3. The van der Waals surface area contributed by atoms with E-state index in [1.54, 1.807) is 0 Å². The molecule has 0 atom stereocenters. The van der Waals surface area contributed by atoms with Crippen LogP contribution in [0.15, 0.2) is 29.0 Å². The summed E-state index contributed by atoms with van der Waals surface area (Å²) in [6.45, 7) is 0. The molecule has 15 heavy (non-hydrogen) atoms. The zero-order chi connectivity index (χ0) is 11.1. The number of carbonyl (C=O) groups excluding carboxylic acids is 1. The van der Waals surface area contributed by atoms with Crippen LogP contribution in [0.3, 0.4) is 0 Å². The van der Waals surface area contributed by atoms with E-state index in [1.807, 2.05) is 0 Å². The van der Waals surface area contributed by atoms with E-state index in [2.05, 4.69) is 4.98 Å². The number of aromatic nitrogens is 1. The predicted octanol–water partition coefficient (Wildman–Crippen LogP) is 2.57. The van der Waals surface area contributed by atoms with Crippen LogP contribution in [0, 0.1) is 0 Å². The molecule has 2 rings (SSSR count). The SMILES string of the molecule is O=C(c1ccc2ncoc2c1)C(F)(F)F. The van der Waals surface area contributed by atoms with Crippen LogP contribution in [0.25, 0.3) is 11.1 Å². The summed E-state index contributed by atoms with van der Waals surface area (Å²) in [5, 5.41) is 0. The number of ketones is 1. The molecule has 78 valence electrons. The lowest BCUT2D eigenvalue weighted by atomic mass is 10.1. The lowest BCUT2D eigenvalue weighted by Gasteiger charge is -2.03. The van der Waals surface area contributed by atoms with E-state index in [1.165, 1.54) is 6.07 Å². The van der Waals surface area contributed by atoms with Crippen molar-refractivity contribution in [1.82, 2.24) is 4.98 Å². The Morgan fingerprint density at radius 3 is 2.73 bits per heavy atom. The van der Waals surface area contributed by atoms with Crippen molar-refractivity contribution in [3.63, 3.8) is 0 Å². The first kappa shape index (κ1) is 9.70. The molecule has 0 aliphatic heterocycles. The van der Waals surface area contributed by atoms with Crippen LogP contribution in [0.5, 0.6) is 0 Å². The highest BCUT2D eigenvalue weighted by Gasteiger charge is 2.39. The highest BCUT2D eigenvalue weighted by Crippen LogP contribution is 2.23. The Balaban J connectivity index is 2.49. The molecule has 0 spiro atoms. The number of carbonyl (C=O) groups is 1. The van der Waals surface area contributed by atoms with Crippen LogP contribution in [-0.2, 0) is 0 Å². The molecule has 1 aromatic carbocycles. The van der Waals surface area contributed by atoms with Crippen molar-refractivity contribution in [3.8, 4) is 0 Å². The van der Waals surface area contributed by atoms with Gasteiger partial charge >= 0.3 is 6.18 Å². The van der Waals surface area contributed by atoms with Gasteiger partial charge in [0.05, 0.1) is 0 Å². The van der Waals surface area contributed by atoms with Crippen molar-refractivity contribution < 1.29 is 22.4 Å². The Hall–Kier alpha value is -1.85. The first-order chi connectivity index (χ1) is 6.98. The number of rotatable bonds is 1. The minimum atomic E-state index is -4.87. The number of fused-ring (bicyclic) bond motifs is 1. The summed E-state index contributed by atoms with van der Waals surface area (Å²) < 4.78 is 41.0. The monoisotopic (exact) mass is 215 g/mol. The quantitative estimate of drug-likeness (QED) is 0.686. The summed E-state index contributed by atoms with van der Waals surface area (Å²) in [7, 11) is 0. The third-order valence-electron chi connectivity index (χ3n) is 1.85. The third-order valence-corrected chi connectivity index (χ3v) is 1.85. The van der Waals surface area contributed by atoms with Gasteiger partial charge in [-0.25, -0.2) is 4.98 Å². The van der Waals surface area contributed by atoms with Crippen molar-refractivity contribution in [2.45, 2.75) is 6.18 Å². The fraction of sp³-hybridized carbons (Fsp3) is 0.111. The molecule has 0 aliphatic rings. The van der Waals surface area contributed by atoms with Gasteiger partial charge in [-0.15, -0.1) is 0 Å². The molecule has 0 saturated carbocycles. The standard InChI is InChI=1S/C9H4F3NO2/c10-9(11,12)8(14)5-1-2-6-7(3-5)15-4-13-6/h1-4H. The second-order valence-electron chi connectivity index (χ2n) is 2.86. The van der Waals surface area contributed by atoms with Gasteiger partial charge in [-0.1, -0.05) is 0 Å². The smallest absolute Gasteiger partial charge is 0.443 e. The molecule has 0 radical (unpaired) electrons. The second-order valence-corrected chi connectivity index (χ2v) is 2.86. The zero-order valence-electron chi connectivity index (χ0n) is 7.21. The number of oxazole rings is 1. The lowest BCUT2D eigenvalue weighted by molar-refractivity contribution is -0.0885. The second kappa shape index (κ2) is 3.08. The molecule has 0 bridgehead atoms. The number of hydrogen-bond donors (Lipinski definition) is 0. The van der Waals surface area contributed by atoms with Gasteiger partial charge in [0.2, 0.25) is 0 Å². The number of nitrogens with zero attached hydrogens (tertiary/aromatic N) is 1. The average molecular weight is 215 g/mol. The number of halogens is 3. The molecule has 0 saturated heterocycles. The van der Waals surface area contributed by atoms with Crippen LogP contribution in [-0.4, -0.2) is 16.9 Å². The molecular formula is C9H4F3NO2. The van der Waals surface area contributed by atoms with Gasteiger partial charge in [0.25, 0.3) is 5.78 Å². The molecule has 1 heterocycles. The predicted molar refractivity (Wildman–Crippen MR) is 44.4 cm³/mol. The van der Waals surface area contributed by atoms with Crippen molar-refractivity contribution >= 4 is 16.9 Å². The van der Waals surface area contributed by atoms with Crippen molar-refractivity contribution in [2.24, 2.45) is 0 Å². The molecule has 0 unspecified atom stereocenters. The fourth-order valence-electron chi connectivity index (χ4n) is 1.16. The fourth-order valence-corrected chi connectivity index (χ4v) is 1.16. The van der Waals surface area contributed by atoms with Gasteiger partial charge in [0, 0.05) is 5.56 Å². The van der Waals surface area contributed by atoms with E-state index in [9.17, 15) is 18.0 Å². The molecular weight excluding hydrogens is 211 g/mol. The molecule has 6 heteroatoms. The van der Waals surface area contributed by atoms with Crippen LogP contribution in [0.1, 0.15) is 10.4 Å². The van der Waals surface area contributed by atoms with Crippen LogP contribution < -0.4 is 0 Å². The Morgan fingerprint density at radius 2 is 2.07 bits per heavy atom. The first-order valence-corrected chi connectivity index (χ1v) is 3.93. The van der Waals surface area contributed by atoms with Crippen molar-refractivity contribution in [1.29, 1.82) is 0 Å².